The van der Waals surface area contributed by atoms with Crippen molar-refractivity contribution in [2.75, 3.05) is 29.5 Å². The lowest BCUT2D eigenvalue weighted by Crippen LogP contribution is -2.59. The predicted octanol–water partition coefficient (Wildman–Crippen LogP) is 4.86. The molecule has 3 saturated heterocycles. The maximum absolute atomic E-state index is 14.7. The van der Waals surface area contributed by atoms with Crippen LogP contribution in [-0.4, -0.2) is 71.2 Å². The van der Waals surface area contributed by atoms with Gasteiger partial charge in [-0.1, -0.05) is 55.8 Å². The third kappa shape index (κ3) is 5.41. The van der Waals surface area contributed by atoms with Gasteiger partial charge in [-0.2, -0.15) is 0 Å². The number of aliphatic hydroxyl groups is 1. The summed E-state index contributed by atoms with van der Waals surface area (Å²) in [7, 11) is 0. The molecule has 2 bridgehead atoms. The number of nitrogens with zero attached hydrogens (tertiary/aromatic N) is 3. The van der Waals surface area contributed by atoms with Crippen molar-refractivity contribution >= 4 is 40.7 Å². The van der Waals surface area contributed by atoms with Crippen molar-refractivity contribution in [1.82, 2.24) is 4.90 Å². The van der Waals surface area contributed by atoms with Crippen LogP contribution in [0.15, 0.2) is 79.9 Å². The molecule has 5 rings (SSSR count). The topological polar surface area (TPSA) is 90.4 Å². The van der Waals surface area contributed by atoms with E-state index in [1.807, 2.05) is 44.2 Å². The lowest BCUT2D eigenvalue weighted by atomic mass is 9.70. The second-order valence-electron chi connectivity index (χ2n) is 12.1. The van der Waals surface area contributed by atoms with E-state index < -0.39 is 35.6 Å². The first-order chi connectivity index (χ1) is 20.7. The van der Waals surface area contributed by atoms with Crippen molar-refractivity contribution in [2.24, 2.45) is 17.8 Å². The van der Waals surface area contributed by atoms with Gasteiger partial charge in [0.05, 0.1) is 30.6 Å². The summed E-state index contributed by atoms with van der Waals surface area (Å²) >= 11 is 6.15. The van der Waals surface area contributed by atoms with Crippen LogP contribution in [-0.2, 0) is 19.1 Å². The first-order valence-corrected chi connectivity index (χ1v) is 15.3. The third-order valence-electron chi connectivity index (χ3n) is 8.97. The van der Waals surface area contributed by atoms with Crippen LogP contribution in [0.1, 0.15) is 33.1 Å². The predicted molar refractivity (Wildman–Crippen MR) is 168 cm³/mol. The number of ether oxygens (including phenoxy) is 1. The van der Waals surface area contributed by atoms with Crippen LogP contribution in [0.25, 0.3) is 0 Å². The molecule has 43 heavy (non-hydrogen) atoms. The Labute approximate surface area is 258 Å². The fourth-order valence-electron chi connectivity index (χ4n) is 7.33. The Hall–Kier alpha value is -3.46. The van der Waals surface area contributed by atoms with Gasteiger partial charge in [0.15, 0.2) is 0 Å². The summed E-state index contributed by atoms with van der Waals surface area (Å²) in [4.78, 5) is 48.4. The van der Waals surface area contributed by atoms with Crippen LogP contribution < -0.4 is 9.80 Å². The van der Waals surface area contributed by atoms with Crippen molar-refractivity contribution in [3.63, 3.8) is 0 Å². The van der Waals surface area contributed by atoms with Crippen LogP contribution in [0.2, 0.25) is 5.02 Å². The minimum Gasteiger partial charge on any atom is -0.394 e. The van der Waals surface area contributed by atoms with Crippen molar-refractivity contribution in [3.8, 4) is 0 Å². The number of anilines is 2. The highest BCUT2D eigenvalue weighted by atomic mass is 35.5. The van der Waals surface area contributed by atoms with Gasteiger partial charge in [-0.15, -0.1) is 13.2 Å². The Kier molecular flexibility index (Phi) is 9.11. The fraction of sp³-hybridized carbons (Fsp3) is 0.441. The highest BCUT2D eigenvalue weighted by Gasteiger charge is 2.75. The summed E-state index contributed by atoms with van der Waals surface area (Å²) in [6.07, 6.45) is 4.28. The number of hydrogen-bond donors (Lipinski definition) is 1. The van der Waals surface area contributed by atoms with Crippen molar-refractivity contribution in [1.29, 1.82) is 0 Å². The lowest BCUT2D eigenvalue weighted by molar-refractivity contribution is -0.144. The molecule has 2 aromatic rings. The fourth-order valence-corrected chi connectivity index (χ4v) is 7.45. The number of likely N-dealkylation sites (tertiary alicyclic amines) is 1. The van der Waals surface area contributed by atoms with E-state index in [-0.39, 0.29) is 43.3 Å². The summed E-state index contributed by atoms with van der Waals surface area (Å²) in [5.74, 6) is -2.37. The molecule has 3 aliphatic rings. The number of benzene rings is 2. The average Bonchev–Trinajstić information content (AvgIpc) is 3.65. The van der Waals surface area contributed by atoms with E-state index in [4.69, 9.17) is 16.3 Å². The number of hydrogen-bond acceptors (Lipinski definition) is 5. The van der Waals surface area contributed by atoms with Crippen LogP contribution in [0, 0.1) is 17.8 Å². The molecule has 0 aliphatic carbocycles. The van der Waals surface area contributed by atoms with Gasteiger partial charge in [-0.3, -0.25) is 14.4 Å². The van der Waals surface area contributed by atoms with Gasteiger partial charge in [0.2, 0.25) is 11.8 Å². The van der Waals surface area contributed by atoms with Crippen LogP contribution >= 0.6 is 11.6 Å². The van der Waals surface area contributed by atoms with Gasteiger partial charge in [0.25, 0.3) is 5.91 Å². The molecule has 6 atom stereocenters. The van der Waals surface area contributed by atoms with Gasteiger partial charge in [0, 0.05) is 29.5 Å². The molecular weight excluding hydrogens is 566 g/mol. The molecule has 0 saturated carbocycles. The van der Waals surface area contributed by atoms with E-state index in [1.54, 1.807) is 51.1 Å². The molecule has 0 aromatic heterocycles. The molecule has 2 unspecified atom stereocenters. The molecule has 1 spiro atoms. The number of carbonyl (C=O) groups is 3. The van der Waals surface area contributed by atoms with Gasteiger partial charge < -0.3 is 24.5 Å². The largest absolute Gasteiger partial charge is 0.394 e. The normalized spacial score (nSPS) is 26.3. The van der Waals surface area contributed by atoms with E-state index in [1.165, 1.54) is 0 Å². The zero-order valence-corrected chi connectivity index (χ0v) is 25.5. The first kappa shape index (κ1) is 31.0. The summed E-state index contributed by atoms with van der Waals surface area (Å²) in [6, 6.07) is 14.6. The van der Waals surface area contributed by atoms with E-state index in [0.29, 0.717) is 35.7 Å². The number of rotatable bonds is 12. The Morgan fingerprint density at radius 1 is 1.05 bits per heavy atom. The van der Waals surface area contributed by atoms with E-state index in [2.05, 4.69) is 13.2 Å². The summed E-state index contributed by atoms with van der Waals surface area (Å²) in [5.41, 5.74) is 0.103. The Balaban J connectivity index is 1.60. The number of fused-ring (bicyclic) bond motifs is 1. The second kappa shape index (κ2) is 12.6. The summed E-state index contributed by atoms with van der Waals surface area (Å²) < 4.78 is 6.69. The lowest BCUT2D eigenvalue weighted by Gasteiger charge is -2.39. The molecule has 3 aliphatic heterocycles. The zero-order chi connectivity index (χ0) is 30.9. The highest BCUT2D eigenvalue weighted by Crippen LogP contribution is 2.59. The second-order valence-corrected chi connectivity index (χ2v) is 12.5. The molecule has 2 aromatic carbocycles. The molecule has 9 heteroatoms. The van der Waals surface area contributed by atoms with Crippen molar-refractivity contribution < 1.29 is 24.2 Å². The van der Waals surface area contributed by atoms with Crippen LogP contribution in [0.4, 0.5) is 11.4 Å². The van der Waals surface area contributed by atoms with Crippen molar-refractivity contribution in [2.45, 2.75) is 56.9 Å². The molecule has 3 fully saturated rings. The maximum Gasteiger partial charge on any atom is 0.253 e. The molecule has 0 radical (unpaired) electrons. The molecule has 3 amide bonds. The van der Waals surface area contributed by atoms with E-state index in [0.717, 1.165) is 0 Å². The van der Waals surface area contributed by atoms with Gasteiger partial charge in [-0.05, 0) is 61.6 Å². The highest BCUT2D eigenvalue weighted by molar-refractivity contribution is 6.30. The summed E-state index contributed by atoms with van der Waals surface area (Å²) in [6.45, 7) is 11.9. The summed E-state index contributed by atoms with van der Waals surface area (Å²) in [5, 5.41) is 11.1. The van der Waals surface area contributed by atoms with Gasteiger partial charge in [-0.25, -0.2) is 0 Å². The molecule has 8 nitrogen and oxygen atoms in total. The molecule has 3 heterocycles. The molecule has 228 valence electrons. The molecular formula is C34H40ClN3O5. The maximum atomic E-state index is 14.7. The van der Waals surface area contributed by atoms with Crippen molar-refractivity contribution in [3.05, 3.63) is 84.9 Å². The first-order valence-electron chi connectivity index (χ1n) is 14.9. The number of para-hydroxylation sites is 1. The van der Waals surface area contributed by atoms with E-state index >= 15 is 0 Å². The molecule has 1 N–H and O–H groups in total. The van der Waals surface area contributed by atoms with Crippen LogP contribution in [0.5, 0.6) is 0 Å². The SMILES string of the molecule is C=CCN(C(=O)C1N([C@@H](CO)CC(C)C)C(=O)[C@@H]2[C@H](C(=O)N(CC=C)c3ccccc3)[C@@H]3CCC12O3)c1ccc(Cl)cc1. The number of halogens is 1. The standard InChI is InChI=1S/C34H40ClN3O5/c1-5-18-36(24-10-8-7-9-11-24)31(40)28-27-16-17-34(43-27)29(28)32(41)38(26(21-39)20-22(3)4)30(34)33(42)37(19-6-2)25-14-12-23(35)13-15-25/h5-15,22,26-30,39H,1-2,16-21H2,3-4H3/t26-,27+,28-,29+,30?,34?/m1/s1. The minimum absolute atomic E-state index is 0.148. The Bertz CT molecular complexity index is 1370. The van der Waals surface area contributed by atoms with E-state index in [9.17, 15) is 19.5 Å². The smallest absolute Gasteiger partial charge is 0.253 e. The van der Waals surface area contributed by atoms with Gasteiger partial charge in [0.1, 0.15) is 11.6 Å². The zero-order valence-electron chi connectivity index (χ0n) is 24.8. The van der Waals surface area contributed by atoms with Gasteiger partial charge >= 0.3 is 0 Å². The monoisotopic (exact) mass is 605 g/mol. The van der Waals surface area contributed by atoms with Crippen LogP contribution in [0.3, 0.4) is 0 Å². The number of carbonyl (C=O) groups excluding carboxylic acids is 3. The Morgan fingerprint density at radius 2 is 1.65 bits per heavy atom. The third-order valence-corrected chi connectivity index (χ3v) is 9.22. The minimum atomic E-state index is -1.20. The Morgan fingerprint density at radius 3 is 2.23 bits per heavy atom. The number of aliphatic hydroxyl groups excluding tert-OH is 1. The average molecular weight is 606 g/mol. The number of amides is 3. The quantitative estimate of drug-likeness (QED) is 0.349.